The van der Waals surface area contributed by atoms with E-state index in [9.17, 15) is 9.59 Å². The van der Waals surface area contributed by atoms with Crippen molar-refractivity contribution in [3.8, 4) is 11.5 Å². The first kappa shape index (κ1) is 23.1. The summed E-state index contributed by atoms with van der Waals surface area (Å²) in [5, 5.41) is 0. The van der Waals surface area contributed by atoms with E-state index in [2.05, 4.69) is 0 Å². The molecule has 2 saturated heterocycles. The van der Waals surface area contributed by atoms with Crippen molar-refractivity contribution in [2.75, 3.05) is 47.1 Å². The number of hydrogen-bond donors (Lipinski definition) is 0. The van der Waals surface area contributed by atoms with Crippen LogP contribution in [-0.4, -0.2) is 68.7 Å². The number of methoxy groups -OCH3 is 2. The van der Waals surface area contributed by atoms with E-state index in [-0.39, 0.29) is 17.9 Å². The first-order chi connectivity index (χ1) is 16.0. The highest BCUT2D eigenvalue weighted by molar-refractivity contribution is 5.89. The van der Waals surface area contributed by atoms with Gasteiger partial charge in [-0.2, -0.15) is 0 Å². The van der Waals surface area contributed by atoms with Gasteiger partial charge in [-0.05, 0) is 36.6 Å². The normalized spacial score (nSPS) is 20.3. The van der Waals surface area contributed by atoms with Crippen LogP contribution < -0.4 is 9.47 Å². The van der Waals surface area contributed by atoms with Gasteiger partial charge in [-0.15, -0.1) is 0 Å². The summed E-state index contributed by atoms with van der Waals surface area (Å²) >= 11 is 0. The number of carbonyl (C=O) groups excluding carboxylic acids is 2. The Bertz CT molecular complexity index is 984. The number of carbonyl (C=O) groups is 2. The maximum absolute atomic E-state index is 14.1. The zero-order chi connectivity index (χ0) is 23.4. The third-order valence-corrected chi connectivity index (χ3v) is 6.97. The van der Waals surface area contributed by atoms with Gasteiger partial charge in [0.25, 0.3) is 0 Å². The van der Waals surface area contributed by atoms with E-state index in [1.807, 2.05) is 58.3 Å². The van der Waals surface area contributed by atoms with Crippen LogP contribution in [-0.2, 0) is 19.7 Å². The minimum atomic E-state index is -0.645. The maximum atomic E-state index is 14.1. The van der Waals surface area contributed by atoms with Crippen molar-refractivity contribution >= 4 is 11.8 Å². The molecule has 1 atom stereocenters. The smallest absolute Gasteiger partial charge is 0.233 e. The van der Waals surface area contributed by atoms with Gasteiger partial charge in [0, 0.05) is 45.3 Å². The number of nitrogens with zero attached hydrogens (tertiary/aromatic N) is 2. The summed E-state index contributed by atoms with van der Waals surface area (Å²) in [6.45, 7) is 4.08. The number of piperazine rings is 1. The fourth-order valence-electron chi connectivity index (χ4n) is 5.11. The molecule has 0 radical (unpaired) electrons. The third-order valence-electron chi connectivity index (χ3n) is 6.97. The third kappa shape index (κ3) is 4.42. The lowest BCUT2D eigenvalue weighted by molar-refractivity contribution is -0.148. The Morgan fingerprint density at radius 3 is 2.30 bits per heavy atom. The molecule has 2 aliphatic rings. The molecule has 2 aromatic carbocycles. The molecular weight excluding hydrogens is 420 g/mol. The lowest BCUT2D eigenvalue weighted by Crippen LogP contribution is -2.57. The summed E-state index contributed by atoms with van der Waals surface area (Å²) in [6, 6.07) is 15.3. The van der Waals surface area contributed by atoms with Crippen molar-refractivity contribution < 1.29 is 23.8 Å². The first-order valence-corrected chi connectivity index (χ1v) is 11.4. The van der Waals surface area contributed by atoms with E-state index in [0.29, 0.717) is 45.7 Å². The average Bonchev–Trinajstić information content (AvgIpc) is 2.88. The molecule has 2 fully saturated rings. The van der Waals surface area contributed by atoms with E-state index in [1.54, 1.807) is 21.1 Å². The highest BCUT2D eigenvalue weighted by atomic mass is 16.5. The van der Waals surface area contributed by atoms with Crippen LogP contribution in [0.15, 0.2) is 48.5 Å². The van der Waals surface area contributed by atoms with Gasteiger partial charge in [0.15, 0.2) is 0 Å². The van der Waals surface area contributed by atoms with Crippen LogP contribution in [0.1, 0.15) is 36.9 Å². The Balaban J connectivity index is 1.67. The molecule has 2 heterocycles. The minimum absolute atomic E-state index is 0.00561. The molecule has 176 valence electrons. The molecule has 7 heteroatoms. The van der Waals surface area contributed by atoms with Crippen LogP contribution >= 0.6 is 0 Å². The number of para-hydroxylation sites is 1. The number of ether oxygens (including phenoxy) is 3. The Morgan fingerprint density at radius 1 is 0.970 bits per heavy atom. The van der Waals surface area contributed by atoms with Crippen LogP contribution in [0.5, 0.6) is 11.5 Å². The van der Waals surface area contributed by atoms with Gasteiger partial charge < -0.3 is 24.0 Å². The molecule has 0 aliphatic carbocycles. The highest BCUT2D eigenvalue weighted by Crippen LogP contribution is 2.40. The van der Waals surface area contributed by atoms with Crippen molar-refractivity contribution in [3.63, 3.8) is 0 Å². The molecule has 1 unspecified atom stereocenters. The molecular formula is C26H32N2O5. The SMILES string of the molecule is COc1ccc(C2(C(=O)N3CCN(C(C)=O)C(c4ccccc4OC)C3)CCOCC2)cc1. The largest absolute Gasteiger partial charge is 0.497 e. The molecule has 4 rings (SSSR count). The summed E-state index contributed by atoms with van der Waals surface area (Å²) in [7, 11) is 3.26. The monoisotopic (exact) mass is 452 g/mol. The van der Waals surface area contributed by atoms with Gasteiger partial charge in [-0.3, -0.25) is 9.59 Å². The van der Waals surface area contributed by atoms with Crippen molar-refractivity contribution in [1.82, 2.24) is 9.80 Å². The topological polar surface area (TPSA) is 68.3 Å². The lowest BCUT2D eigenvalue weighted by Gasteiger charge is -2.46. The van der Waals surface area contributed by atoms with Crippen LogP contribution in [0.4, 0.5) is 0 Å². The van der Waals surface area contributed by atoms with Gasteiger partial charge >= 0.3 is 0 Å². The van der Waals surface area contributed by atoms with Crippen molar-refractivity contribution in [2.45, 2.75) is 31.2 Å². The Labute approximate surface area is 195 Å². The molecule has 2 amide bonds. The summed E-state index contributed by atoms with van der Waals surface area (Å²) in [6.07, 6.45) is 1.26. The zero-order valence-corrected chi connectivity index (χ0v) is 19.6. The number of rotatable bonds is 5. The van der Waals surface area contributed by atoms with E-state index >= 15 is 0 Å². The highest BCUT2D eigenvalue weighted by Gasteiger charge is 2.46. The summed E-state index contributed by atoms with van der Waals surface area (Å²) in [5.41, 5.74) is 1.26. The average molecular weight is 453 g/mol. The molecule has 7 nitrogen and oxygen atoms in total. The molecule has 2 aliphatic heterocycles. The van der Waals surface area contributed by atoms with Gasteiger partial charge in [0.2, 0.25) is 11.8 Å². The zero-order valence-electron chi connectivity index (χ0n) is 19.6. The second-order valence-corrected chi connectivity index (χ2v) is 8.64. The van der Waals surface area contributed by atoms with Crippen LogP contribution in [0.25, 0.3) is 0 Å². The first-order valence-electron chi connectivity index (χ1n) is 11.4. The Hall–Kier alpha value is -3.06. The van der Waals surface area contributed by atoms with Crippen molar-refractivity contribution in [2.24, 2.45) is 0 Å². The van der Waals surface area contributed by atoms with Gasteiger partial charge in [0.1, 0.15) is 11.5 Å². The Morgan fingerprint density at radius 2 is 1.67 bits per heavy atom. The van der Waals surface area contributed by atoms with Crippen molar-refractivity contribution in [1.29, 1.82) is 0 Å². The van der Waals surface area contributed by atoms with Gasteiger partial charge in [0.05, 0.1) is 25.7 Å². The molecule has 0 bridgehead atoms. The summed E-state index contributed by atoms with van der Waals surface area (Å²) < 4.78 is 16.5. The van der Waals surface area contributed by atoms with E-state index < -0.39 is 5.41 Å². The number of benzene rings is 2. The molecule has 0 saturated carbocycles. The molecule has 0 aromatic heterocycles. The van der Waals surface area contributed by atoms with E-state index in [0.717, 1.165) is 22.6 Å². The Kier molecular flexibility index (Phi) is 6.88. The molecule has 0 spiro atoms. The molecule has 33 heavy (non-hydrogen) atoms. The number of hydrogen-bond acceptors (Lipinski definition) is 5. The second-order valence-electron chi connectivity index (χ2n) is 8.64. The predicted molar refractivity (Wildman–Crippen MR) is 124 cm³/mol. The van der Waals surface area contributed by atoms with Crippen molar-refractivity contribution in [3.05, 3.63) is 59.7 Å². The maximum Gasteiger partial charge on any atom is 0.233 e. The second kappa shape index (κ2) is 9.83. The molecule has 2 aromatic rings. The van der Waals surface area contributed by atoms with Crippen LogP contribution in [0.2, 0.25) is 0 Å². The predicted octanol–water partition coefficient (Wildman–Crippen LogP) is 3.18. The quantitative estimate of drug-likeness (QED) is 0.697. The minimum Gasteiger partial charge on any atom is -0.497 e. The number of amides is 2. The van der Waals surface area contributed by atoms with Gasteiger partial charge in [-0.1, -0.05) is 30.3 Å². The van der Waals surface area contributed by atoms with Gasteiger partial charge in [-0.25, -0.2) is 0 Å². The van der Waals surface area contributed by atoms with E-state index in [4.69, 9.17) is 14.2 Å². The van der Waals surface area contributed by atoms with Crippen LogP contribution in [0, 0.1) is 0 Å². The fraction of sp³-hybridized carbons (Fsp3) is 0.462. The lowest BCUT2D eigenvalue weighted by atomic mass is 9.72. The van der Waals surface area contributed by atoms with Crippen LogP contribution in [0.3, 0.4) is 0 Å². The fourth-order valence-corrected chi connectivity index (χ4v) is 5.11. The summed E-state index contributed by atoms with van der Waals surface area (Å²) in [5.74, 6) is 1.58. The van der Waals surface area contributed by atoms with E-state index in [1.165, 1.54) is 0 Å². The molecule has 0 N–H and O–H groups in total. The summed E-state index contributed by atoms with van der Waals surface area (Å²) in [4.78, 5) is 30.4. The standard InChI is InChI=1S/C26H32N2O5/c1-19(29)28-15-14-27(18-23(28)22-6-4-5-7-24(22)32-3)25(30)26(12-16-33-17-13-26)20-8-10-21(31-2)11-9-20/h4-11,23H,12-18H2,1-3H3.